The number of aromatic nitrogens is 2. The van der Waals surface area contributed by atoms with Gasteiger partial charge in [0.1, 0.15) is 17.2 Å². The minimum absolute atomic E-state index is 0.772. The smallest absolute Gasteiger partial charge is 0.142 e. The summed E-state index contributed by atoms with van der Waals surface area (Å²) in [6.07, 6.45) is 0. The van der Waals surface area contributed by atoms with Crippen LogP contribution in [0.2, 0.25) is 0 Å². The molecule has 248 valence electrons. The van der Waals surface area contributed by atoms with Gasteiger partial charge in [0.2, 0.25) is 0 Å². The van der Waals surface area contributed by atoms with Crippen molar-refractivity contribution in [1.29, 1.82) is 0 Å². The molecule has 0 saturated heterocycles. The second-order valence-electron chi connectivity index (χ2n) is 11.7. The monoisotopic (exact) mass is 658 g/mol. The quantitative estimate of drug-likeness (QED) is 0.165. The number of rotatable bonds is 7. The Morgan fingerprint density at radius 1 is 0.420 bits per heavy atom. The molecule has 7 nitrogen and oxygen atoms in total. The third-order valence-corrected chi connectivity index (χ3v) is 9.00. The largest absolute Gasteiger partial charge is 0.496 e. The molecular weight excluding hydrogens is 620 g/mol. The molecule has 0 unspecified atom stereocenters. The number of nitrogens with zero attached hydrogens (tertiary/aromatic N) is 2. The van der Waals surface area contributed by atoms with E-state index in [1.54, 1.807) is 21.3 Å². The maximum atomic E-state index is 5.72. The molecule has 0 radical (unpaired) electrons. The molecule has 2 N–H and O–H groups in total. The van der Waals surface area contributed by atoms with E-state index in [0.29, 0.717) is 0 Å². The van der Waals surface area contributed by atoms with Gasteiger partial charge in [-0.3, -0.25) is 0 Å². The molecule has 0 saturated carbocycles. The molecule has 6 aromatic carbocycles. The zero-order valence-corrected chi connectivity index (χ0v) is 28.7. The maximum Gasteiger partial charge on any atom is 0.142 e. The van der Waals surface area contributed by atoms with E-state index in [1.165, 1.54) is 5.56 Å². The number of pyridine rings is 2. The van der Waals surface area contributed by atoms with Gasteiger partial charge in [0.05, 0.1) is 54.8 Å². The lowest BCUT2D eigenvalue weighted by Gasteiger charge is -2.17. The van der Waals surface area contributed by atoms with E-state index >= 15 is 0 Å². The van der Waals surface area contributed by atoms with Crippen LogP contribution in [0.4, 0.5) is 11.4 Å². The highest BCUT2D eigenvalue weighted by Crippen LogP contribution is 2.44. The number of fused-ring (bicyclic) bond motifs is 4. The van der Waals surface area contributed by atoms with Crippen molar-refractivity contribution in [3.05, 3.63) is 127 Å². The number of para-hydroxylation sites is 4. The molecule has 8 aromatic rings. The van der Waals surface area contributed by atoms with Crippen LogP contribution in [0.5, 0.6) is 17.2 Å². The van der Waals surface area contributed by atoms with Crippen molar-refractivity contribution in [2.24, 2.45) is 0 Å². The molecule has 0 aliphatic heterocycles. The zero-order valence-electron chi connectivity index (χ0n) is 28.7. The minimum atomic E-state index is 0.772. The first-order valence-electron chi connectivity index (χ1n) is 16.4. The molecule has 0 bridgehead atoms. The Morgan fingerprint density at radius 3 is 1.28 bits per heavy atom. The summed E-state index contributed by atoms with van der Waals surface area (Å²) in [5.41, 5.74) is 10.2. The Bertz CT molecular complexity index is 2390. The zero-order chi connectivity index (χ0) is 34.6. The summed E-state index contributed by atoms with van der Waals surface area (Å²) >= 11 is 0. The summed E-state index contributed by atoms with van der Waals surface area (Å²) in [5, 5.41) is 10.8. The van der Waals surface area contributed by atoms with E-state index in [4.69, 9.17) is 24.2 Å². The van der Waals surface area contributed by atoms with Crippen LogP contribution in [0, 0.1) is 0 Å². The van der Waals surface area contributed by atoms with Gasteiger partial charge in [-0.2, -0.15) is 0 Å². The van der Waals surface area contributed by atoms with Gasteiger partial charge in [-0.25, -0.2) is 9.97 Å². The second kappa shape index (κ2) is 14.0. The molecule has 0 atom stereocenters. The van der Waals surface area contributed by atoms with Gasteiger partial charge < -0.3 is 24.8 Å². The van der Waals surface area contributed by atoms with Crippen LogP contribution in [-0.2, 0) is 0 Å². The molecule has 8 rings (SSSR count). The summed E-state index contributed by atoms with van der Waals surface area (Å²) in [5.74, 6) is 2.39. The molecule has 0 aliphatic carbocycles. The molecule has 7 heteroatoms. The lowest BCUT2D eigenvalue weighted by molar-refractivity contribution is 0.406. The van der Waals surface area contributed by atoms with Crippen LogP contribution in [0.15, 0.2) is 127 Å². The van der Waals surface area contributed by atoms with Gasteiger partial charge in [-0.1, -0.05) is 78.9 Å². The summed E-state index contributed by atoms with van der Waals surface area (Å²) in [6.45, 7) is 0. The maximum absolute atomic E-state index is 5.72. The van der Waals surface area contributed by atoms with Crippen LogP contribution in [-0.4, -0.2) is 45.4 Å². The molecule has 50 heavy (non-hydrogen) atoms. The van der Waals surface area contributed by atoms with Crippen molar-refractivity contribution in [3.63, 3.8) is 0 Å². The predicted octanol–water partition coefficient (Wildman–Crippen LogP) is 10.2. The molecular formula is C43H38N4O3. The third kappa shape index (κ3) is 5.83. The normalized spacial score (nSPS) is 10.9. The first-order valence-corrected chi connectivity index (χ1v) is 16.4. The molecule has 2 aromatic heterocycles. The minimum Gasteiger partial charge on any atom is -0.496 e. The van der Waals surface area contributed by atoms with E-state index in [2.05, 4.69) is 77.4 Å². The van der Waals surface area contributed by atoms with Crippen molar-refractivity contribution in [1.82, 2.24) is 9.97 Å². The first-order chi connectivity index (χ1) is 24.6. The highest BCUT2D eigenvalue weighted by Gasteiger charge is 2.18. The lowest BCUT2D eigenvalue weighted by atomic mass is 9.95. The average Bonchev–Trinajstić information content (AvgIpc) is 3.18. The third-order valence-electron chi connectivity index (χ3n) is 9.00. The molecule has 0 aliphatic rings. The number of methoxy groups -OCH3 is 3. The highest BCUT2D eigenvalue weighted by molar-refractivity contribution is 6.11. The topological polar surface area (TPSA) is 77.5 Å². The van der Waals surface area contributed by atoms with E-state index < -0.39 is 0 Å². The van der Waals surface area contributed by atoms with Crippen molar-refractivity contribution < 1.29 is 14.2 Å². The van der Waals surface area contributed by atoms with Crippen LogP contribution >= 0.6 is 0 Å². The van der Waals surface area contributed by atoms with Gasteiger partial charge in [-0.15, -0.1) is 0 Å². The Morgan fingerprint density at radius 2 is 0.840 bits per heavy atom. The van der Waals surface area contributed by atoms with E-state index in [-0.39, 0.29) is 0 Å². The molecule has 2 heterocycles. The fraction of sp³-hybridized carbons (Fsp3) is 0.116. The van der Waals surface area contributed by atoms with Crippen molar-refractivity contribution in [3.8, 4) is 39.5 Å². The number of ether oxygens (including phenoxy) is 3. The van der Waals surface area contributed by atoms with Crippen LogP contribution in [0.3, 0.4) is 0 Å². The lowest BCUT2D eigenvalue weighted by Crippen LogP contribution is -1.98. The fourth-order valence-electron chi connectivity index (χ4n) is 6.62. The SMILES string of the molecule is CNc1cc(OC)c(-c2c3ccccc3nc3ccccc23)cc1OC.CNc1ccc(-c2c3ccccc3nc3ccccc23)cc1OC. The number of anilines is 2. The number of hydrogen-bond acceptors (Lipinski definition) is 7. The number of nitrogens with one attached hydrogen (secondary N) is 2. The van der Waals surface area contributed by atoms with E-state index in [1.807, 2.05) is 74.8 Å². The summed E-state index contributed by atoms with van der Waals surface area (Å²) in [7, 11) is 8.83. The predicted molar refractivity (Wildman–Crippen MR) is 208 cm³/mol. The van der Waals surface area contributed by atoms with Gasteiger partial charge >= 0.3 is 0 Å². The summed E-state index contributed by atoms with van der Waals surface area (Å²) in [6, 6.07) is 43.2. The Hall–Kier alpha value is -6.34. The standard InChI is InChI=1S/C22H20N2O2.C21H18N2O/c1-23-19-13-20(25-2)16(12-21(19)26-3)22-14-8-4-6-10-17(14)24-18-11-7-5-9-15(18)22;1-22-19-12-11-14(13-20(19)24-2)21-15-7-3-5-9-17(15)23-18-10-6-4-8-16(18)21/h4-13,23H,1-3H3;3-13,22H,1-2H3. The van der Waals surface area contributed by atoms with Crippen molar-refractivity contribution >= 4 is 55.0 Å². The van der Waals surface area contributed by atoms with Gasteiger partial charge in [0.15, 0.2) is 0 Å². The Balaban J connectivity index is 0.000000157. The Kier molecular flexibility index (Phi) is 9.04. The molecule has 0 amide bonds. The first kappa shape index (κ1) is 32.2. The summed E-state index contributed by atoms with van der Waals surface area (Å²) < 4.78 is 16.9. The number of benzene rings is 6. The second-order valence-corrected chi connectivity index (χ2v) is 11.7. The van der Waals surface area contributed by atoms with E-state index in [9.17, 15) is 0 Å². The van der Waals surface area contributed by atoms with E-state index in [0.717, 1.165) is 88.9 Å². The molecule has 0 fully saturated rings. The van der Waals surface area contributed by atoms with Gasteiger partial charge in [0, 0.05) is 58.4 Å². The Labute approximate surface area is 291 Å². The van der Waals surface area contributed by atoms with Crippen LogP contribution < -0.4 is 24.8 Å². The van der Waals surface area contributed by atoms with Crippen LogP contribution in [0.25, 0.3) is 65.9 Å². The van der Waals surface area contributed by atoms with Crippen molar-refractivity contribution in [2.45, 2.75) is 0 Å². The number of hydrogen-bond donors (Lipinski definition) is 2. The highest BCUT2D eigenvalue weighted by atomic mass is 16.5. The van der Waals surface area contributed by atoms with Gasteiger partial charge in [0.25, 0.3) is 0 Å². The molecule has 0 spiro atoms. The fourth-order valence-corrected chi connectivity index (χ4v) is 6.62. The van der Waals surface area contributed by atoms with Crippen molar-refractivity contribution in [2.75, 3.05) is 46.1 Å². The van der Waals surface area contributed by atoms with Crippen LogP contribution in [0.1, 0.15) is 0 Å². The van der Waals surface area contributed by atoms with Gasteiger partial charge in [-0.05, 0) is 48.0 Å². The summed E-state index contributed by atoms with van der Waals surface area (Å²) in [4.78, 5) is 9.61. The average molecular weight is 659 g/mol.